The number of rotatable bonds is 5. The molecule has 1 aliphatic rings. The smallest absolute Gasteiger partial charge is 0.222 e. The van der Waals surface area contributed by atoms with Crippen molar-refractivity contribution >= 4 is 11.7 Å². The van der Waals surface area contributed by atoms with Gasteiger partial charge < -0.3 is 4.90 Å². The molecule has 1 aromatic carbocycles. The highest BCUT2D eigenvalue weighted by Gasteiger charge is 2.25. The second kappa shape index (κ2) is 7.39. The van der Waals surface area contributed by atoms with E-state index in [0.717, 1.165) is 24.9 Å². The molecule has 1 amide bonds. The largest absolute Gasteiger partial charge is 0.335 e. The molecule has 1 aliphatic heterocycles. The molecule has 0 aliphatic carbocycles. The van der Waals surface area contributed by atoms with E-state index in [9.17, 15) is 9.59 Å². The topological polar surface area (TPSA) is 37.4 Å². The Morgan fingerprint density at radius 2 is 1.95 bits per heavy atom. The van der Waals surface area contributed by atoms with E-state index in [0.29, 0.717) is 24.7 Å². The van der Waals surface area contributed by atoms with Crippen molar-refractivity contribution in [2.24, 2.45) is 11.8 Å². The maximum absolute atomic E-state index is 12.2. The Kier molecular flexibility index (Phi) is 5.54. The van der Waals surface area contributed by atoms with E-state index >= 15 is 0 Å². The van der Waals surface area contributed by atoms with Gasteiger partial charge in [0.05, 0.1) is 6.54 Å². The van der Waals surface area contributed by atoms with Gasteiger partial charge in [-0.3, -0.25) is 9.59 Å². The zero-order chi connectivity index (χ0) is 15.2. The minimum Gasteiger partial charge on any atom is -0.335 e. The van der Waals surface area contributed by atoms with Gasteiger partial charge in [0.25, 0.3) is 0 Å². The van der Waals surface area contributed by atoms with Crippen molar-refractivity contribution < 1.29 is 9.59 Å². The molecule has 0 saturated carbocycles. The predicted molar refractivity (Wildman–Crippen MR) is 83.9 cm³/mol. The summed E-state index contributed by atoms with van der Waals surface area (Å²) in [6.07, 6.45) is 2.97. The molecule has 0 bridgehead atoms. The molecule has 0 spiro atoms. The first-order valence-electron chi connectivity index (χ1n) is 7.89. The summed E-state index contributed by atoms with van der Waals surface area (Å²) in [5.41, 5.74) is 1.02. The van der Waals surface area contributed by atoms with E-state index in [1.165, 1.54) is 0 Å². The van der Waals surface area contributed by atoms with E-state index in [4.69, 9.17) is 0 Å². The Balaban J connectivity index is 1.89. The monoisotopic (exact) mass is 287 g/mol. The normalized spacial score (nSPS) is 19.7. The lowest BCUT2D eigenvalue weighted by atomic mass is 9.89. The Labute approximate surface area is 127 Å². The number of hydrogen-bond donors (Lipinski definition) is 0. The predicted octanol–water partition coefficient (Wildman–Crippen LogP) is 3.08. The standard InChI is InChI=1S/C18H25NO2/c1-14(2)16-8-9-18(21)19(11-10-16)13-17(20)12-15-6-4-3-5-7-15/h3-7,14,16H,8-13H2,1-2H3. The Morgan fingerprint density at radius 3 is 2.62 bits per heavy atom. The van der Waals surface area contributed by atoms with E-state index in [1.54, 1.807) is 4.90 Å². The number of benzene rings is 1. The van der Waals surface area contributed by atoms with E-state index in [1.807, 2.05) is 30.3 Å². The van der Waals surface area contributed by atoms with Crippen LogP contribution in [0.1, 0.15) is 38.7 Å². The lowest BCUT2D eigenvalue weighted by Crippen LogP contribution is -2.35. The minimum absolute atomic E-state index is 0.123. The number of amides is 1. The summed E-state index contributed by atoms with van der Waals surface area (Å²) >= 11 is 0. The maximum Gasteiger partial charge on any atom is 0.222 e. The first kappa shape index (κ1) is 15.7. The fraction of sp³-hybridized carbons (Fsp3) is 0.556. The molecule has 1 fully saturated rings. The summed E-state index contributed by atoms with van der Waals surface area (Å²) in [6.45, 7) is 5.41. The summed E-state index contributed by atoms with van der Waals surface area (Å²) in [5, 5.41) is 0. The number of carbonyl (C=O) groups is 2. The van der Waals surface area contributed by atoms with Gasteiger partial charge in [0.15, 0.2) is 5.78 Å². The van der Waals surface area contributed by atoms with Crippen LogP contribution in [0.4, 0.5) is 0 Å². The van der Waals surface area contributed by atoms with Crippen LogP contribution in [-0.2, 0) is 16.0 Å². The molecule has 3 nitrogen and oxygen atoms in total. The molecule has 1 atom stereocenters. The number of nitrogens with zero attached hydrogens (tertiary/aromatic N) is 1. The lowest BCUT2D eigenvalue weighted by Gasteiger charge is -2.21. The van der Waals surface area contributed by atoms with Crippen LogP contribution in [0.2, 0.25) is 0 Å². The highest BCUT2D eigenvalue weighted by molar-refractivity contribution is 5.87. The second-order valence-corrected chi connectivity index (χ2v) is 6.35. The molecule has 1 unspecified atom stereocenters. The fourth-order valence-corrected chi connectivity index (χ4v) is 2.98. The van der Waals surface area contributed by atoms with Crippen LogP contribution in [0, 0.1) is 11.8 Å². The van der Waals surface area contributed by atoms with Crippen molar-refractivity contribution in [3.8, 4) is 0 Å². The number of ketones is 1. The average Bonchev–Trinajstić information content (AvgIpc) is 2.63. The molecule has 0 N–H and O–H groups in total. The molecule has 21 heavy (non-hydrogen) atoms. The van der Waals surface area contributed by atoms with Crippen LogP contribution in [0.15, 0.2) is 30.3 Å². The van der Waals surface area contributed by atoms with Crippen molar-refractivity contribution in [3.63, 3.8) is 0 Å². The summed E-state index contributed by atoms with van der Waals surface area (Å²) in [7, 11) is 0. The number of Topliss-reactive ketones (excluding diaryl/α,β-unsaturated/α-hetero) is 1. The summed E-state index contributed by atoms with van der Waals surface area (Å²) < 4.78 is 0. The van der Waals surface area contributed by atoms with Gasteiger partial charge in [0, 0.05) is 19.4 Å². The SMILES string of the molecule is CC(C)C1CCC(=O)N(CC(=O)Cc2ccccc2)CC1. The minimum atomic E-state index is 0.123. The number of carbonyl (C=O) groups excluding carboxylic acids is 2. The van der Waals surface area contributed by atoms with Gasteiger partial charge >= 0.3 is 0 Å². The molecule has 1 heterocycles. The zero-order valence-corrected chi connectivity index (χ0v) is 13.0. The quantitative estimate of drug-likeness (QED) is 0.834. The first-order chi connectivity index (χ1) is 10.1. The zero-order valence-electron chi connectivity index (χ0n) is 13.0. The van der Waals surface area contributed by atoms with Crippen molar-refractivity contribution in [1.82, 2.24) is 4.90 Å². The van der Waals surface area contributed by atoms with Crippen molar-refractivity contribution in [1.29, 1.82) is 0 Å². The Bertz CT molecular complexity index is 481. The number of hydrogen-bond acceptors (Lipinski definition) is 2. The van der Waals surface area contributed by atoms with Gasteiger partial charge in [0.2, 0.25) is 5.91 Å². The highest BCUT2D eigenvalue weighted by Crippen LogP contribution is 2.25. The molecule has 3 heteroatoms. The van der Waals surface area contributed by atoms with Crippen molar-refractivity contribution in [3.05, 3.63) is 35.9 Å². The first-order valence-corrected chi connectivity index (χ1v) is 7.89. The third-order valence-corrected chi connectivity index (χ3v) is 4.41. The molecule has 0 radical (unpaired) electrons. The van der Waals surface area contributed by atoms with Crippen molar-refractivity contribution in [2.45, 2.75) is 39.5 Å². The molecular formula is C18H25NO2. The fourth-order valence-electron chi connectivity index (χ4n) is 2.98. The van der Waals surface area contributed by atoms with E-state index in [2.05, 4.69) is 13.8 Å². The van der Waals surface area contributed by atoms with Gasteiger partial charge in [-0.15, -0.1) is 0 Å². The van der Waals surface area contributed by atoms with Gasteiger partial charge in [-0.2, -0.15) is 0 Å². The summed E-state index contributed by atoms with van der Waals surface area (Å²) in [6, 6.07) is 9.73. The molecule has 2 rings (SSSR count). The van der Waals surface area contributed by atoms with Crippen LogP contribution in [0.5, 0.6) is 0 Å². The Hall–Kier alpha value is -1.64. The summed E-state index contributed by atoms with van der Waals surface area (Å²) in [4.78, 5) is 26.1. The second-order valence-electron chi connectivity index (χ2n) is 6.35. The van der Waals surface area contributed by atoms with Crippen LogP contribution in [0.3, 0.4) is 0 Å². The third kappa shape index (κ3) is 4.69. The van der Waals surface area contributed by atoms with Gasteiger partial charge in [-0.05, 0) is 30.2 Å². The van der Waals surface area contributed by atoms with E-state index < -0.39 is 0 Å². The molecule has 0 aromatic heterocycles. The van der Waals surface area contributed by atoms with Crippen molar-refractivity contribution in [2.75, 3.05) is 13.1 Å². The molecule has 114 valence electrons. The van der Waals surface area contributed by atoms with Crippen LogP contribution < -0.4 is 0 Å². The van der Waals surface area contributed by atoms with Gasteiger partial charge in [-0.25, -0.2) is 0 Å². The molecular weight excluding hydrogens is 262 g/mol. The number of likely N-dealkylation sites (tertiary alicyclic amines) is 1. The molecule has 1 saturated heterocycles. The Morgan fingerprint density at radius 1 is 1.24 bits per heavy atom. The van der Waals surface area contributed by atoms with Crippen LogP contribution in [0.25, 0.3) is 0 Å². The van der Waals surface area contributed by atoms with Crippen LogP contribution in [-0.4, -0.2) is 29.7 Å². The highest BCUT2D eigenvalue weighted by atomic mass is 16.2. The van der Waals surface area contributed by atoms with Gasteiger partial charge in [0.1, 0.15) is 0 Å². The van der Waals surface area contributed by atoms with Gasteiger partial charge in [-0.1, -0.05) is 44.2 Å². The maximum atomic E-state index is 12.2. The van der Waals surface area contributed by atoms with E-state index in [-0.39, 0.29) is 18.2 Å². The molecule has 1 aromatic rings. The summed E-state index contributed by atoms with van der Waals surface area (Å²) in [5.74, 6) is 1.47. The average molecular weight is 287 g/mol. The third-order valence-electron chi connectivity index (χ3n) is 4.41. The lowest BCUT2D eigenvalue weighted by molar-refractivity contribution is -0.134. The van der Waals surface area contributed by atoms with Crippen LogP contribution >= 0.6 is 0 Å².